The number of hydrogen-bond acceptors (Lipinski definition) is 8. The van der Waals surface area contributed by atoms with Crippen LogP contribution in [0, 0.1) is 0 Å². The molecule has 2 aromatic carbocycles. The van der Waals surface area contributed by atoms with Crippen molar-refractivity contribution in [3.05, 3.63) is 72.8 Å². The topological polar surface area (TPSA) is 109 Å². The number of carbonyl (C=O) groups is 2. The van der Waals surface area contributed by atoms with Crippen LogP contribution in [0.2, 0.25) is 0 Å². The molecule has 0 atom stereocenters. The highest BCUT2D eigenvalue weighted by atomic mass is 16.5. The molecule has 0 bridgehead atoms. The lowest BCUT2D eigenvalue weighted by Gasteiger charge is -2.36. The molecule has 0 radical (unpaired) electrons. The largest absolute Gasteiger partial charge is 0.492 e. The molecule has 2 heterocycles. The van der Waals surface area contributed by atoms with Crippen LogP contribution in [0.25, 0.3) is 0 Å². The molecule has 0 saturated carbocycles. The number of para-hydroxylation sites is 2. The van der Waals surface area contributed by atoms with Gasteiger partial charge in [0.25, 0.3) is 5.91 Å². The predicted octanol–water partition coefficient (Wildman–Crippen LogP) is 3.50. The second-order valence-corrected chi connectivity index (χ2v) is 8.11. The maximum Gasteiger partial charge on any atom is 0.411 e. The Morgan fingerprint density at radius 2 is 1.83 bits per heavy atom. The van der Waals surface area contributed by atoms with E-state index in [1.165, 1.54) is 18.6 Å². The van der Waals surface area contributed by atoms with Gasteiger partial charge >= 0.3 is 6.09 Å². The number of benzene rings is 2. The molecule has 0 unspecified atom stereocenters. The summed E-state index contributed by atoms with van der Waals surface area (Å²) in [5.41, 5.74) is 2.60. The van der Waals surface area contributed by atoms with E-state index in [4.69, 9.17) is 9.47 Å². The number of aromatic nitrogens is 2. The molecule has 10 nitrogen and oxygen atoms in total. The van der Waals surface area contributed by atoms with Crippen LogP contribution in [0.1, 0.15) is 17.4 Å². The summed E-state index contributed by atoms with van der Waals surface area (Å²) in [7, 11) is 0. The minimum atomic E-state index is -0.499. The van der Waals surface area contributed by atoms with Crippen LogP contribution >= 0.6 is 0 Å². The quantitative estimate of drug-likeness (QED) is 0.469. The first-order valence-electron chi connectivity index (χ1n) is 11.9. The van der Waals surface area contributed by atoms with E-state index in [2.05, 4.69) is 30.4 Å². The van der Waals surface area contributed by atoms with Gasteiger partial charge in [0.1, 0.15) is 18.1 Å². The third kappa shape index (κ3) is 6.92. The van der Waals surface area contributed by atoms with Gasteiger partial charge in [-0.2, -0.15) is 0 Å². The Morgan fingerprint density at radius 3 is 2.61 bits per heavy atom. The fourth-order valence-corrected chi connectivity index (χ4v) is 3.89. The van der Waals surface area contributed by atoms with Crippen molar-refractivity contribution >= 4 is 29.1 Å². The summed E-state index contributed by atoms with van der Waals surface area (Å²) in [6, 6.07) is 15.0. The number of hydrogen-bond donors (Lipinski definition) is 2. The summed E-state index contributed by atoms with van der Waals surface area (Å²) in [5.74, 6) is 0.320. The molecule has 1 aromatic heterocycles. The molecule has 188 valence electrons. The lowest BCUT2D eigenvalue weighted by molar-refractivity contribution is 0.102. The molecule has 3 aromatic rings. The number of nitrogens with one attached hydrogen (secondary N) is 2. The second-order valence-electron chi connectivity index (χ2n) is 8.11. The summed E-state index contributed by atoms with van der Waals surface area (Å²) in [5, 5.41) is 5.61. The summed E-state index contributed by atoms with van der Waals surface area (Å²) in [4.78, 5) is 37.1. The fraction of sp³-hybridized carbons (Fsp3) is 0.308. The lowest BCUT2D eigenvalue weighted by atomic mass is 10.2. The van der Waals surface area contributed by atoms with Gasteiger partial charge in [0, 0.05) is 56.5 Å². The van der Waals surface area contributed by atoms with E-state index in [1.807, 2.05) is 43.3 Å². The van der Waals surface area contributed by atoms with Crippen LogP contribution in [0.3, 0.4) is 0 Å². The zero-order valence-electron chi connectivity index (χ0n) is 20.2. The summed E-state index contributed by atoms with van der Waals surface area (Å²) < 4.78 is 10.9. The SMILES string of the molecule is CCOc1ccccc1NC(=O)OCCN1CCN(c2cccc(NC(=O)c3cnccn3)c2)CC1. The Hall–Kier alpha value is -4.18. The molecule has 2 amide bonds. The highest BCUT2D eigenvalue weighted by Crippen LogP contribution is 2.24. The van der Waals surface area contributed by atoms with Crippen LogP contribution in [0.15, 0.2) is 67.1 Å². The Labute approximate surface area is 210 Å². The van der Waals surface area contributed by atoms with Crippen LogP contribution in [-0.2, 0) is 4.74 Å². The molecule has 10 heteroatoms. The number of amides is 2. The molecule has 36 heavy (non-hydrogen) atoms. The zero-order valence-corrected chi connectivity index (χ0v) is 20.2. The third-order valence-corrected chi connectivity index (χ3v) is 5.70. The monoisotopic (exact) mass is 490 g/mol. The number of anilines is 3. The van der Waals surface area contributed by atoms with Gasteiger partial charge in [-0.15, -0.1) is 0 Å². The zero-order chi connectivity index (χ0) is 25.2. The number of rotatable bonds is 9. The Kier molecular flexibility index (Phi) is 8.66. The minimum Gasteiger partial charge on any atom is -0.492 e. The van der Waals surface area contributed by atoms with Crippen molar-refractivity contribution in [2.24, 2.45) is 0 Å². The smallest absolute Gasteiger partial charge is 0.411 e. The van der Waals surface area contributed by atoms with Crippen molar-refractivity contribution in [1.82, 2.24) is 14.9 Å². The number of ether oxygens (including phenoxy) is 2. The van der Waals surface area contributed by atoms with Gasteiger partial charge in [0.05, 0.1) is 18.5 Å². The van der Waals surface area contributed by atoms with Crippen molar-refractivity contribution in [2.45, 2.75) is 6.92 Å². The standard InChI is InChI=1S/C26H30N6O4/c1-2-35-24-9-4-3-8-22(24)30-26(34)36-17-16-31-12-14-32(15-13-31)21-7-5-6-20(18-21)29-25(33)23-19-27-10-11-28-23/h3-11,18-19H,2,12-17H2,1H3,(H,29,33)(H,30,34). The second kappa shape index (κ2) is 12.5. The fourth-order valence-electron chi connectivity index (χ4n) is 3.89. The van der Waals surface area contributed by atoms with Crippen molar-refractivity contribution < 1.29 is 19.1 Å². The molecular weight excluding hydrogens is 460 g/mol. The van der Waals surface area contributed by atoms with E-state index in [1.54, 1.807) is 12.1 Å². The molecule has 1 aliphatic rings. The van der Waals surface area contributed by atoms with Crippen molar-refractivity contribution in [2.75, 3.05) is 61.5 Å². The summed E-state index contributed by atoms with van der Waals surface area (Å²) >= 11 is 0. The Morgan fingerprint density at radius 1 is 1.00 bits per heavy atom. The number of piperazine rings is 1. The first-order valence-corrected chi connectivity index (χ1v) is 11.9. The van der Waals surface area contributed by atoms with Gasteiger partial charge in [0.15, 0.2) is 0 Å². The molecule has 1 saturated heterocycles. The van der Waals surface area contributed by atoms with E-state index in [-0.39, 0.29) is 11.6 Å². The maximum absolute atomic E-state index is 12.4. The van der Waals surface area contributed by atoms with E-state index < -0.39 is 6.09 Å². The van der Waals surface area contributed by atoms with Crippen molar-refractivity contribution in [3.63, 3.8) is 0 Å². The normalized spacial score (nSPS) is 13.6. The van der Waals surface area contributed by atoms with Crippen LogP contribution in [0.5, 0.6) is 5.75 Å². The van der Waals surface area contributed by atoms with Gasteiger partial charge in [-0.05, 0) is 37.3 Å². The Bertz CT molecular complexity index is 1150. The summed E-state index contributed by atoms with van der Waals surface area (Å²) in [6.07, 6.45) is 3.96. The maximum atomic E-state index is 12.4. The molecule has 0 spiro atoms. The number of carbonyl (C=O) groups excluding carboxylic acids is 2. The molecule has 1 fully saturated rings. The van der Waals surface area contributed by atoms with Gasteiger partial charge in [-0.25, -0.2) is 9.78 Å². The molecule has 0 aliphatic carbocycles. The highest BCUT2D eigenvalue weighted by Gasteiger charge is 2.18. The summed E-state index contributed by atoms with van der Waals surface area (Å²) in [6.45, 7) is 6.70. The predicted molar refractivity (Wildman–Crippen MR) is 138 cm³/mol. The van der Waals surface area contributed by atoms with Crippen LogP contribution < -0.4 is 20.3 Å². The van der Waals surface area contributed by atoms with Crippen LogP contribution in [-0.4, -0.2) is 72.8 Å². The van der Waals surface area contributed by atoms with Gasteiger partial charge in [0.2, 0.25) is 0 Å². The van der Waals surface area contributed by atoms with E-state index in [9.17, 15) is 9.59 Å². The molecule has 4 rings (SSSR count). The molecule has 2 N–H and O–H groups in total. The van der Waals surface area contributed by atoms with Gasteiger partial charge in [-0.3, -0.25) is 20.0 Å². The number of nitrogens with zero attached hydrogens (tertiary/aromatic N) is 4. The lowest BCUT2D eigenvalue weighted by Crippen LogP contribution is -2.47. The van der Waals surface area contributed by atoms with Gasteiger partial charge < -0.3 is 19.7 Å². The van der Waals surface area contributed by atoms with Crippen molar-refractivity contribution in [1.29, 1.82) is 0 Å². The van der Waals surface area contributed by atoms with Gasteiger partial charge in [-0.1, -0.05) is 18.2 Å². The highest BCUT2D eigenvalue weighted by molar-refractivity contribution is 6.02. The first kappa shape index (κ1) is 24.9. The Balaban J connectivity index is 1.20. The van der Waals surface area contributed by atoms with Crippen LogP contribution in [0.4, 0.5) is 21.9 Å². The van der Waals surface area contributed by atoms with E-state index in [0.29, 0.717) is 36.9 Å². The minimum absolute atomic E-state index is 0.269. The van der Waals surface area contributed by atoms with Crippen molar-refractivity contribution in [3.8, 4) is 5.75 Å². The first-order chi connectivity index (χ1) is 17.6. The van der Waals surface area contributed by atoms with E-state index in [0.717, 1.165) is 31.9 Å². The average molecular weight is 491 g/mol. The van der Waals surface area contributed by atoms with E-state index >= 15 is 0 Å². The molecular formula is C26H30N6O4. The molecule has 1 aliphatic heterocycles. The third-order valence-electron chi connectivity index (χ3n) is 5.70. The average Bonchev–Trinajstić information content (AvgIpc) is 2.91.